The van der Waals surface area contributed by atoms with Crippen molar-refractivity contribution in [1.82, 2.24) is 5.06 Å². The fraction of sp³-hybridized carbons (Fsp3) is 0.714. The van der Waals surface area contributed by atoms with Crippen molar-refractivity contribution in [1.29, 1.82) is 0 Å². The molecule has 0 N–H and O–H groups in total. The van der Waals surface area contributed by atoms with Crippen molar-refractivity contribution in [3.8, 4) is 0 Å². The van der Waals surface area contributed by atoms with Crippen molar-refractivity contribution >= 4 is 11.6 Å². The standard InChI is InChI=1S/C7H12ClNO2/c1-6-5-11-9(7(6)8)3-4-10-2/h5,7H,3-4H2,1-2H3. The molecular formula is C7H12ClNO2. The lowest BCUT2D eigenvalue weighted by Crippen LogP contribution is -2.29. The van der Waals surface area contributed by atoms with Crippen LogP contribution in [0.25, 0.3) is 0 Å². The molecular weight excluding hydrogens is 166 g/mol. The van der Waals surface area contributed by atoms with E-state index in [2.05, 4.69) is 0 Å². The van der Waals surface area contributed by atoms with Gasteiger partial charge in [0.1, 0.15) is 11.8 Å². The minimum Gasteiger partial charge on any atom is -0.412 e. The average molecular weight is 178 g/mol. The van der Waals surface area contributed by atoms with Crippen LogP contribution in [0.1, 0.15) is 6.92 Å². The van der Waals surface area contributed by atoms with Gasteiger partial charge in [-0.3, -0.25) is 0 Å². The normalized spacial score (nSPS) is 25.0. The summed E-state index contributed by atoms with van der Waals surface area (Å²) in [5, 5.41) is 1.68. The fourth-order valence-electron chi connectivity index (χ4n) is 0.835. The summed E-state index contributed by atoms with van der Waals surface area (Å²) in [5.74, 6) is 0. The van der Waals surface area contributed by atoms with Gasteiger partial charge >= 0.3 is 0 Å². The van der Waals surface area contributed by atoms with E-state index in [9.17, 15) is 0 Å². The van der Waals surface area contributed by atoms with Gasteiger partial charge in [0.05, 0.1) is 13.2 Å². The monoisotopic (exact) mass is 177 g/mol. The Morgan fingerprint density at radius 2 is 2.55 bits per heavy atom. The van der Waals surface area contributed by atoms with Crippen LogP contribution in [0.3, 0.4) is 0 Å². The Balaban J connectivity index is 2.29. The summed E-state index contributed by atoms with van der Waals surface area (Å²) in [4.78, 5) is 5.14. The van der Waals surface area contributed by atoms with Crippen molar-refractivity contribution in [2.75, 3.05) is 20.3 Å². The van der Waals surface area contributed by atoms with Crippen molar-refractivity contribution in [3.05, 3.63) is 11.8 Å². The number of ether oxygens (including phenoxy) is 1. The first-order valence-electron chi connectivity index (χ1n) is 3.49. The van der Waals surface area contributed by atoms with E-state index < -0.39 is 0 Å². The Kier molecular flexibility index (Phi) is 3.17. The van der Waals surface area contributed by atoms with Crippen molar-refractivity contribution in [2.24, 2.45) is 0 Å². The zero-order valence-corrected chi connectivity index (χ0v) is 7.47. The van der Waals surface area contributed by atoms with Gasteiger partial charge in [-0.2, -0.15) is 0 Å². The first-order chi connectivity index (χ1) is 5.25. The first kappa shape index (κ1) is 8.84. The highest BCUT2D eigenvalue weighted by molar-refractivity contribution is 6.22. The molecule has 1 unspecified atom stereocenters. The summed E-state index contributed by atoms with van der Waals surface area (Å²) in [6, 6.07) is 0. The van der Waals surface area contributed by atoms with E-state index in [4.69, 9.17) is 21.2 Å². The van der Waals surface area contributed by atoms with Crippen LogP contribution in [0.5, 0.6) is 0 Å². The van der Waals surface area contributed by atoms with E-state index in [0.717, 1.165) is 5.57 Å². The number of hydroxylamine groups is 2. The number of hydrogen-bond donors (Lipinski definition) is 0. The third-order valence-electron chi connectivity index (χ3n) is 1.52. The van der Waals surface area contributed by atoms with Gasteiger partial charge in [-0.25, -0.2) is 0 Å². The maximum absolute atomic E-state index is 5.94. The van der Waals surface area contributed by atoms with Gasteiger partial charge in [-0.15, -0.1) is 5.06 Å². The number of halogens is 1. The average Bonchev–Trinajstić information content (AvgIpc) is 2.31. The molecule has 0 spiro atoms. The largest absolute Gasteiger partial charge is 0.412 e. The molecule has 0 aromatic carbocycles. The molecule has 0 saturated heterocycles. The molecule has 1 aliphatic heterocycles. The first-order valence-corrected chi connectivity index (χ1v) is 3.92. The summed E-state index contributed by atoms with van der Waals surface area (Å²) >= 11 is 5.94. The lowest BCUT2D eigenvalue weighted by atomic mass is 10.3. The Labute approximate surface area is 71.5 Å². The molecule has 0 amide bonds. The minimum atomic E-state index is -0.134. The third kappa shape index (κ3) is 2.09. The number of hydrogen-bond acceptors (Lipinski definition) is 3. The lowest BCUT2D eigenvalue weighted by molar-refractivity contribution is -0.0963. The summed E-state index contributed by atoms with van der Waals surface area (Å²) in [7, 11) is 1.65. The fourth-order valence-corrected chi connectivity index (χ4v) is 1.03. The Morgan fingerprint density at radius 3 is 3.00 bits per heavy atom. The van der Waals surface area contributed by atoms with Crippen LogP contribution in [0, 0.1) is 0 Å². The van der Waals surface area contributed by atoms with E-state index in [0.29, 0.717) is 13.2 Å². The zero-order chi connectivity index (χ0) is 8.27. The van der Waals surface area contributed by atoms with Gasteiger partial charge in [0.2, 0.25) is 0 Å². The quantitative estimate of drug-likeness (QED) is 0.480. The molecule has 0 aromatic heterocycles. The van der Waals surface area contributed by atoms with Crippen LogP contribution in [-0.4, -0.2) is 30.8 Å². The van der Waals surface area contributed by atoms with E-state index in [1.165, 1.54) is 0 Å². The van der Waals surface area contributed by atoms with Crippen LogP contribution in [0.15, 0.2) is 11.8 Å². The van der Waals surface area contributed by atoms with Crippen molar-refractivity contribution in [2.45, 2.75) is 12.4 Å². The van der Waals surface area contributed by atoms with E-state index >= 15 is 0 Å². The molecule has 64 valence electrons. The van der Waals surface area contributed by atoms with Gasteiger partial charge in [0.25, 0.3) is 0 Å². The minimum absolute atomic E-state index is 0.134. The maximum atomic E-state index is 5.94. The second-order valence-corrected chi connectivity index (χ2v) is 2.85. The molecule has 1 aliphatic rings. The van der Waals surface area contributed by atoms with Crippen LogP contribution >= 0.6 is 11.6 Å². The molecule has 4 heteroatoms. The molecule has 3 nitrogen and oxygen atoms in total. The van der Waals surface area contributed by atoms with Crippen molar-refractivity contribution < 1.29 is 9.57 Å². The summed E-state index contributed by atoms with van der Waals surface area (Å²) in [5.41, 5.74) is 0.896. The predicted molar refractivity (Wildman–Crippen MR) is 43.1 cm³/mol. The summed E-state index contributed by atoms with van der Waals surface area (Å²) in [6.07, 6.45) is 1.66. The van der Waals surface area contributed by atoms with Gasteiger partial charge in [-0.1, -0.05) is 11.6 Å². The van der Waals surface area contributed by atoms with Crippen molar-refractivity contribution in [3.63, 3.8) is 0 Å². The Bertz CT molecular complexity index is 161. The van der Waals surface area contributed by atoms with Crippen LogP contribution in [0.2, 0.25) is 0 Å². The molecule has 0 radical (unpaired) electrons. The van der Waals surface area contributed by atoms with Gasteiger partial charge < -0.3 is 9.57 Å². The van der Waals surface area contributed by atoms with E-state index in [-0.39, 0.29) is 5.50 Å². The number of methoxy groups -OCH3 is 1. The number of alkyl halides is 1. The number of rotatable bonds is 3. The maximum Gasteiger partial charge on any atom is 0.144 e. The highest BCUT2D eigenvalue weighted by atomic mass is 35.5. The number of nitrogens with zero attached hydrogens (tertiary/aromatic N) is 1. The molecule has 1 atom stereocenters. The second kappa shape index (κ2) is 3.95. The van der Waals surface area contributed by atoms with Crippen LogP contribution in [0.4, 0.5) is 0 Å². The molecule has 1 heterocycles. The predicted octanol–water partition coefficient (Wildman–Crippen LogP) is 1.35. The van der Waals surface area contributed by atoms with E-state index in [1.807, 2.05) is 6.92 Å². The smallest absolute Gasteiger partial charge is 0.144 e. The van der Waals surface area contributed by atoms with Crippen LogP contribution < -0.4 is 0 Å². The Morgan fingerprint density at radius 1 is 1.82 bits per heavy atom. The summed E-state index contributed by atoms with van der Waals surface area (Å²) < 4.78 is 4.88. The third-order valence-corrected chi connectivity index (χ3v) is 2.08. The second-order valence-electron chi connectivity index (χ2n) is 2.44. The lowest BCUT2D eigenvalue weighted by Gasteiger charge is -2.17. The highest BCUT2D eigenvalue weighted by Crippen LogP contribution is 2.21. The molecule has 0 saturated carbocycles. The Hall–Kier alpha value is -0.250. The zero-order valence-electron chi connectivity index (χ0n) is 6.71. The topological polar surface area (TPSA) is 21.7 Å². The van der Waals surface area contributed by atoms with Gasteiger partial charge in [0, 0.05) is 7.11 Å². The van der Waals surface area contributed by atoms with Crippen LogP contribution in [-0.2, 0) is 9.57 Å². The highest BCUT2D eigenvalue weighted by Gasteiger charge is 2.23. The van der Waals surface area contributed by atoms with Gasteiger partial charge in [-0.05, 0) is 12.5 Å². The van der Waals surface area contributed by atoms with Gasteiger partial charge in [0.15, 0.2) is 0 Å². The molecule has 0 aromatic rings. The molecule has 0 bridgehead atoms. The molecule has 0 fully saturated rings. The molecule has 0 aliphatic carbocycles. The molecule has 1 rings (SSSR count). The van der Waals surface area contributed by atoms with E-state index in [1.54, 1.807) is 18.4 Å². The summed E-state index contributed by atoms with van der Waals surface area (Å²) in [6.45, 7) is 3.26. The SMILES string of the molecule is COCCN1OC=C(C)C1Cl. The molecule has 11 heavy (non-hydrogen) atoms.